The predicted molar refractivity (Wildman–Crippen MR) is 40.3 cm³/mol. The van der Waals surface area contributed by atoms with Crippen LogP contribution >= 0.6 is 0 Å². The molecule has 0 saturated carbocycles. The van der Waals surface area contributed by atoms with Gasteiger partial charge in [-0.2, -0.15) is 13.2 Å². The minimum atomic E-state index is -4.29. The van der Waals surface area contributed by atoms with Gasteiger partial charge in [0.15, 0.2) is 0 Å². The Kier molecular flexibility index (Phi) is 5.94. The Morgan fingerprint density at radius 2 is 1.86 bits per heavy atom. The molecular formula is C7H12F5NO. The zero-order valence-electron chi connectivity index (χ0n) is 7.57. The Hall–Kier alpha value is -0.430. The molecule has 0 aliphatic heterocycles. The number of alkyl halides is 5. The van der Waals surface area contributed by atoms with Crippen molar-refractivity contribution in [3.63, 3.8) is 0 Å². The molecule has 0 fully saturated rings. The fraction of sp³-hybridized carbons (Fsp3) is 1.00. The van der Waals surface area contributed by atoms with Gasteiger partial charge in [-0.25, -0.2) is 8.78 Å². The molecular weight excluding hydrogens is 209 g/mol. The molecule has 1 atom stereocenters. The molecule has 0 aliphatic rings. The molecule has 0 bridgehead atoms. The number of hydrogen-bond acceptors (Lipinski definition) is 2. The predicted octanol–water partition coefficient (Wildman–Crippen LogP) is 1.81. The zero-order chi connectivity index (χ0) is 11.2. The molecule has 0 heterocycles. The molecule has 0 amide bonds. The molecule has 0 aromatic carbocycles. The van der Waals surface area contributed by atoms with Gasteiger partial charge < -0.3 is 10.1 Å². The van der Waals surface area contributed by atoms with Crippen molar-refractivity contribution in [1.29, 1.82) is 0 Å². The lowest BCUT2D eigenvalue weighted by atomic mass is 10.4. The van der Waals surface area contributed by atoms with Crippen LogP contribution in [0.2, 0.25) is 0 Å². The zero-order valence-corrected chi connectivity index (χ0v) is 7.57. The summed E-state index contributed by atoms with van der Waals surface area (Å²) in [5.74, 6) is 0. The van der Waals surface area contributed by atoms with E-state index in [-0.39, 0.29) is 6.54 Å². The summed E-state index contributed by atoms with van der Waals surface area (Å²) in [7, 11) is 0. The highest BCUT2D eigenvalue weighted by Gasteiger charge is 2.26. The third-order valence-electron chi connectivity index (χ3n) is 1.26. The second-order valence-corrected chi connectivity index (χ2v) is 2.78. The van der Waals surface area contributed by atoms with Crippen LogP contribution in [0.5, 0.6) is 0 Å². The van der Waals surface area contributed by atoms with Gasteiger partial charge in [0, 0.05) is 6.54 Å². The monoisotopic (exact) mass is 221 g/mol. The van der Waals surface area contributed by atoms with Gasteiger partial charge in [0.2, 0.25) is 0 Å². The van der Waals surface area contributed by atoms with Crippen molar-refractivity contribution in [3.8, 4) is 0 Å². The van der Waals surface area contributed by atoms with E-state index in [1.54, 1.807) is 0 Å². The smallest absolute Gasteiger partial charge is 0.371 e. The average Bonchev–Trinajstić information content (AvgIpc) is 1.98. The summed E-state index contributed by atoms with van der Waals surface area (Å²) in [5, 5.41) is 2.05. The number of hydrogen-bond donors (Lipinski definition) is 1. The molecule has 1 N–H and O–H groups in total. The van der Waals surface area contributed by atoms with Crippen molar-refractivity contribution in [1.82, 2.24) is 5.32 Å². The molecule has 0 aliphatic carbocycles. The van der Waals surface area contributed by atoms with E-state index in [4.69, 9.17) is 0 Å². The van der Waals surface area contributed by atoms with Crippen molar-refractivity contribution in [3.05, 3.63) is 0 Å². The summed E-state index contributed by atoms with van der Waals surface area (Å²) >= 11 is 0. The van der Waals surface area contributed by atoms with Gasteiger partial charge in [-0.1, -0.05) is 0 Å². The SMILES string of the molecule is CC(CNCC(F)(F)F)OCC(F)F. The molecule has 0 aromatic rings. The maximum atomic E-state index is 11.6. The topological polar surface area (TPSA) is 21.3 Å². The largest absolute Gasteiger partial charge is 0.401 e. The van der Waals surface area contributed by atoms with Gasteiger partial charge in [0.25, 0.3) is 6.43 Å². The first kappa shape index (κ1) is 13.6. The molecule has 0 saturated heterocycles. The maximum absolute atomic E-state index is 11.6. The number of rotatable bonds is 6. The molecule has 0 spiro atoms. The van der Waals surface area contributed by atoms with Gasteiger partial charge >= 0.3 is 6.18 Å². The van der Waals surface area contributed by atoms with E-state index in [1.165, 1.54) is 6.92 Å². The van der Waals surface area contributed by atoms with Crippen molar-refractivity contribution >= 4 is 0 Å². The first-order valence-electron chi connectivity index (χ1n) is 3.98. The lowest BCUT2D eigenvalue weighted by molar-refractivity contribution is -0.126. The first-order valence-corrected chi connectivity index (χ1v) is 3.98. The molecule has 14 heavy (non-hydrogen) atoms. The van der Waals surface area contributed by atoms with Crippen LogP contribution in [-0.4, -0.2) is 38.4 Å². The van der Waals surface area contributed by atoms with Gasteiger partial charge in [0.1, 0.15) is 6.61 Å². The van der Waals surface area contributed by atoms with Crippen LogP contribution in [0.1, 0.15) is 6.92 Å². The Bertz CT molecular complexity index is 150. The molecule has 0 radical (unpaired) electrons. The molecule has 7 heteroatoms. The second-order valence-electron chi connectivity index (χ2n) is 2.78. The lowest BCUT2D eigenvalue weighted by Crippen LogP contribution is -2.35. The van der Waals surface area contributed by atoms with E-state index >= 15 is 0 Å². The Balaban J connectivity index is 3.40. The Morgan fingerprint density at radius 1 is 1.29 bits per heavy atom. The highest BCUT2D eigenvalue weighted by molar-refractivity contribution is 4.60. The van der Waals surface area contributed by atoms with Crippen LogP contribution in [0, 0.1) is 0 Å². The minimum absolute atomic E-state index is 0.105. The molecule has 86 valence electrons. The highest BCUT2D eigenvalue weighted by atomic mass is 19.4. The Labute approximate surface area is 78.4 Å². The van der Waals surface area contributed by atoms with Crippen molar-refractivity contribution < 1.29 is 26.7 Å². The fourth-order valence-corrected chi connectivity index (χ4v) is 0.713. The van der Waals surface area contributed by atoms with E-state index in [0.717, 1.165) is 0 Å². The van der Waals surface area contributed by atoms with E-state index in [9.17, 15) is 22.0 Å². The van der Waals surface area contributed by atoms with E-state index in [1.807, 2.05) is 0 Å². The van der Waals surface area contributed by atoms with Crippen LogP contribution in [0.3, 0.4) is 0 Å². The summed E-state index contributed by atoms with van der Waals surface area (Å²) in [6.45, 7) is -0.581. The average molecular weight is 221 g/mol. The van der Waals surface area contributed by atoms with Crippen molar-refractivity contribution in [2.75, 3.05) is 19.7 Å². The van der Waals surface area contributed by atoms with E-state index in [2.05, 4.69) is 10.1 Å². The van der Waals surface area contributed by atoms with Crippen LogP contribution in [0.4, 0.5) is 22.0 Å². The molecule has 2 nitrogen and oxygen atoms in total. The summed E-state index contributed by atoms with van der Waals surface area (Å²) in [4.78, 5) is 0. The van der Waals surface area contributed by atoms with E-state index < -0.39 is 31.9 Å². The van der Waals surface area contributed by atoms with Crippen LogP contribution in [-0.2, 0) is 4.74 Å². The molecule has 0 rings (SSSR count). The number of nitrogens with one attached hydrogen (secondary N) is 1. The van der Waals surface area contributed by atoms with Crippen LogP contribution < -0.4 is 5.32 Å². The number of ether oxygens (including phenoxy) is 1. The molecule has 1 unspecified atom stereocenters. The maximum Gasteiger partial charge on any atom is 0.401 e. The Morgan fingerprint density at radius 3 is 2.29 bits per heavy atom. The lowest BCUT2D eigenvalue weighted by Gasteiger charge is -2.14. The van der Waals surface area contributed by atoms with Crippen LogP contribution in [0.25, 0.3) is 0 Å². The van der Waals surface area contributed by atoms with Gasteiger partial charge in [0.05, 0.1) is 12.6 Å². The quantitative estimate of drug-likeness (QED) is 0.690. The van der Waals surface area contributed by atoms with Crippen molar-refractivity contribution in [2.45, 2.75) is 25.6 Å². The van der Waals surface area contributed by atoms with Gasteiger partial charge in [-0.3, -0.25) is 0 Å². The van der Waals surface area contributed by atoms with Gasteiger partial charge in [-0.15, -0.1) is 0 Å². The summed E-state index contributed by atoms with van der Waals surface area (Å²) in [5.41, 5.74) is 0. The number of halogens is 5. The normalized spacial score (nSPS) is 14.8. The first-order chi connectivity index (χ1) is 6.31. The summed E-state index contributed by atoms with van der Waals surface area (Å²) in [6.07, 6.45) is -7.55. The third-order valence-corrected chi connectivity index (χ3v) is 1.26. The summed E-state index contributed by atoms with van der Waals surface area (Å²) in [6, 6.07) is 0. The van der Waals surface area contributed by atoms with E-state index in [0.29, 0.717) is 0 Å². The van der Waals surface area contributed by atoms with Gasteiger partial charge in [-0.05, 0) is 6.92 Å². The highest BCUT2D eigenvalue weighted by Crippen LogP contribution is 2.12. The van der Waals surface area contributed by atoms with Crippen molar-refractivity contribution in [2.24, 2.45) is 0 Å². The third kappa shape index (κ3) is 9.66. The standard InChI is InChI=1S/C7H12F5NO/c1-5(14-3-6(8)9)2-13-4-7(10,11)12/h5-6,13H,2-4H2,1H3. The second kappa shape index (κ2) is 6.13. The summed E-state index contributed by atoms with van der Waals surface area (Å²) < 4.78 is 62.5. The minimum Gasteiger partial charge on any atom is -0.371 e. The fourth-order valence-electron chi connectivity index (χ4n) is 0.713. The molecule has 0 aromatic heterocycles. The van der Waals surface area contributed by atoms with Crippen LogP contribution in [0.15, 0.2) is 0 Å².